The van der Waals surface area contributed by atoms with Crippen LogP contribution in [0.3, 0.4) is 0 Å². The molecule has 0 spiro atoms. The maximum atomic E-state index is 12.4. The fourth-order valence-corrected chi connectivity index (χ4v) is 6.00. The first-order valence-corrected chi connectivity index (χ1v) is 11.1. The van der Waals surface area contributed by atoms with Crippen LogP contribution in [0.2, 0.25) is 0 Å². The molecular weight excluding hydrogens is 382 g/mol. The third kappa shape index (κ3) is 3.11. The molecule has 7 nitrogen and oxygen atoms in total. The maximum absolute atomic E-state index is 12.4. The summed E-state index contributed by atoms with van der Waals surface area (Å²) in [5.41, 5.74) is 2.27. The molecule has 9 heteroatoms. The van der Waals surface area contributed by atoms with Gasteiger partial charge in [0.05, 0.1) is 24.4 Å². The van der Waals surface area contributed by atoms with Gasteiger partial charge in [0.15, 0.2) is 10.8 Å². The number of thioether (sulfide) groups is 1. The molecular formula is C18H21N5O2S2. The summed E-state index contributed by atoms with van der Waals surface area (Å²) in [5, 5.41) is 10.7. The highest BCUT2D eigenvalue weighted by atomic mass is 32.2. The molecule has 0 radical (unpaired) electrons. The van der Waals surface area contributed by atoms with E-state index in [9.17, 15) is 4.79 Å². The second-order valence-electron chi connectivity index (χ2n) is 7.23. The molecule has 1 unspecified atom stereocenters. The lowest BCUT2D eigenvalue weighted by Crippen LogP contribution is -2.41. The number of fused-ring (bicyclic) bond motifs is 5. The first kappa shape index (κ1) is 17.4. The molecule has 4 heterocycles. The molecule has 142 valence electrons. The van der Waals surface area contributed by atoms with Crippen molar-refractivity contribution >= 4 is 44.9 Å². The Labute approximate surface area is 165 Å². The zero-order chi connectivity index (χ0) is 18.4. The Kier molecular flexibility index (Phi) is 4.53. The quantitative estimate of drug-likeness (QED) is 0.626. The maximum Gasteiger partial charge on any atom is 0.233 e. The average Bonchev–Trinajstić information content (AvgIpc) is 3.26. The first-order chi connectivity index (χ1) is 13.2. The van der Waals surface area contributed by atoms with Gasteiger partial charge in [-0.3, -0.25) is 9.20 Å². The minimum atomic E-state index is 0.121. The highest BCUT2D eigenvalue weighted by molar-refractivity contribution is 7.99. The molecule has 2 aliphatic rings. The van der Waals surface area contributed by atoms with Crippen LogP contribution in [0.25, 0.3) is 15.9 Å². The van der Waals surface area contributed by atoms with Gasteiger partial charge in [-0.1, -0.05) is 18.7 Å². The second kappa shape index (κ2) is 7.03. The SMILES string of the molecule is CC1CCc2c(sc3ncn4c(SCC(=O)N5CCOCC5)nnc4c23)C1. The number of thiophene rings is 1. The van der Waals surface area contributed by atoms with Crippen LogP contribution in [0.15, 0.2) is 11.5 Å². The van der Waals surface area contributed by atoms with E-state index in [1.54, 1.807) is 17.7 Å². The molecule has 3 aromatic rings. The summed E-state index contributed by atoms with van der Waals surface area (Å²) >= 11 is 3.22. The van der Waals surface area contributed by atoms with Gasteiger partial charge in [0.1, 0.15) is 11.2 Å². The molecule has 0 N–H and O–H groups in total. The van der Waals surface area contributed by atoms with Crippen molar-refractivity contribution in [2.24, 2.45) is 5.92 Å². The lowest BCUT2D eigenvalue weighted by molar-refractivity contribution is -0.132. The fraction of sp³-hybridized carbons (Fsp3) is 0.556. The van der Waals surface area contributed by atoms with Crippen LogP contribution in [0.4, 0.5) is 0 Å². The van der Waals surface area contributed by atoms with Crippen molar-refractivity contribution in [1.82, 2.24) is 24.5 Å². The third-order valence-corrected chi connectivity index (χ3v) is 7.45. The highest BCUT2D eigenvalue weighted by Gasteiger charge is 2.24. The van der Waals surface area contributed by atoms with Crippen molar-refractivity contribution in [3.05, 3.63) is 16.8 Å². The van der Waals surface area contributed by atoms with Crippen LogP contribution in [0.5, 0.6) is 0 Å². The van der Waals surface area contributed by atoms with Crippen LogP contribution in [-0.2, 0) is 22.4 Å². The number of hydrogen-bond donors (Lipinski definition) is 0. The molecule has 1 amide bonds. The first-order valence-electron chi connectivity index (χ1n) is 9.33. The highest BCUT2D eigenvalue weighted by Crippen LogP contribution is 2.39. The summed E-state index contributed by atoms with van der Waals surface area (Å²) in [6.07, 6.45) is 5.23. The monoisotopic (exact) mass is 403 g/mol. The summed E-state index contributed by atoms with van der Waals surface area (Å²) in [4.78, 5) is 21.4. The van der Waals surface area contributed by atoms with Crippen LogP contribution in [0, 0.1) is 5.92 Å². The van der Waals surface area contributed by atoms with Gasteiger partial charge in [0.25, 0.3) is 0 Å². The molecule has 1 saturated heterocycles. The predicted molar refractivity (Wildman–Crippen MR) is 105 cm³/mol. The van der Waals surface area contributed by atoms with Gasteiger partial charge in [0, 0.05) is 18.0 Å². The summed E-state index contributed by atoms with van der Waals surface area (Å²) in [6, 6.07) is 0. The van der Waals surface area contributed by atoms with E-state index in [1.165, 1.54) is 28.6 Å². The number of morpholine rings is 1. The number of ether oxygens (including phenoxy) is 1. The second-order valence-corrected chi connectivity index (χ2v) is 9.26. The number of amides is 1. The number of rotatable bonds is 3. The van der Waals surface area contributed by atoms with Crippen molar-refractivity contribution in [3.63, 3.8) is 0 Å². The van der Waals surface area contributed by atoms with Crippen molar-refractivity contribution < 1.29 is 9.53 Å². The fourth-order valence-electron chi connectivity index (χ4n) is 3.85. The molecule has 1 fully saturated rings. The molecule has 5 rings (SSSR count). The van der Waals surface area contributed by atoms with Gasteiger partial charge in [0.2, 0.25) is 5.91 Å². The van der Waals surface area contributed by atoms with Crippen molar-refractivity contribution in [2.45, 2.75) is 31.3 Å². The van der Waals surface area contributed by atoms with E-state index in [0.29, 0.717) is 32.1 Å². The zero-order valence-corrected chi connectivity index (χ0v) is 16.8. The predicted octanol–water partition coefficient (Wildman–Crippen LogP) is 2.41. The molecule has 1 atom stereocenters. The molecule has 0 aromatic carbocycles. The van der Waals surface area contributed by atoms with Gasteiger partial charge >= 0.3 is 0 Å². The smallest absolute Gasteiger partial charge is 0.233 e. The number of aromatic nitrogens is 4. The summed E-state index contributed by atoms with van der Waals surface area (Å²) in [6.45, 7) is 4.89. The Morgan fingerprint density at radius 1 is 1.37 bits per heavy atom. The Hall–Kier alpha value is -1.71. The van der Waals surface area contributed by atoms with Gasteiger partial charge < -0.3 is 9.64 Å². The van der Waals surface area contributed by atoms with E-state index in [-0.39, 0.29) is 5.91 Å². The van der Waals surface area contributed by atoms with Crippen LogP contribution in [0.1, 0.15) is 23.8 Å². The summed E-state index contributed by atoms with van der Waals surface area (Å²) in [5.74, 6) is 1.21. The minimum Gasteiger partial charge on any atom is -0.378 e. The molecule has 0 saturated carbocycles. The van der Waals surface area contributed by atoms with Crippen molar-refractivity contribution in [3.8, 4) is 0 Å². The normalized spacial score (nSPS) is 20.3. The Morgan fingerprint density at radius 2 is 2.22 bits per heavy atom. The number of aryl methyl sites for hydroxylation is 1. The lowest BCUT2D eigenvalue weighted by Gasteiger charge is -2.26. The van der Waals surface area contributed by atoms with Crippen LogP contribution < -0.4 is 0 Å². The standard InChI is InChI=1S/C18H21N5O2S2/c1-11-2-3-12-13(8-11)27-17-15(12)16-20-21-18(23(16)10-19-17)26-9-14(24)22-4-6-25-7-5-22/h10-11H,2-9H2,1H3. The summed E-state index contributed by atoms with van der Waals surface area (Å²) < 4.78 is 7.24. The van der Waals surface area contributed by atoms with Gasteiger partial charge in [-0.25, -0.2) is 4.98 Å². The van der Waals surface area contributed by atoms with E-state index in [0.717, 1.165) is 39.8 Å². The Bertz CT molecular complexity index is 1010. The Morgan fingerprint density at radius 3 is 3.07 bits per heavy atom. The third-order valence-electron chi connectivity index (χ3n) is 5.36. The molecule has 27 heavy (non-hydrogen) atoms. The molecule has 1 aliphatic carbocycles. The van der Waals surface area contributed by atoms with Crippen molar-refractivity contribution in [2.75, 3.05) is 32.1 Å². The zero-order valence-electron chi connectivity index (χ0n) is 15.2. The van der Waals surface area contributed by atoms with E-state index in [1.807, 2.05) is 9.30 Å². The molecule has 3 aromatic heterocycles. The summed E-state index contributed by atoms with van der Waals surface area (Å²) in [7, 11) is 0. The van der Waals surface area contributed by atoms with E-state index < -0.39 is 0 Å². The van der Waals surface area contributed by atoms with Gasteiger partial charge in [-0.05, 0) is 30.7 Å². The van der Waals surface area contributed by atoms with Crippen LogP contribution >= 0.6 is 23.1 Å². The average molecular weight is 404 g/mol. The number of hydrogen-bond acceptors (Lipinski definition) is 7. The van der Waals surface area contributed by atoms with E-state index in [2.05, 4.69) is 22.1 Å². The van der Waals surface area contributed by atoms with Gasteiger partial charge in [-0.2, -0.15) is 0 Å². The topological polar surface area (TPSA) is 72.6 Å². The Balaban J connectivity index is 1.43. The van der Waals surface area contributed by atoms with Crippen molar-refractivity contribution in [1.29, 1.82) is 0 Å². The number of carbonyl (C=O) groups is 1. The largest absolute Gasteiger partial charge is 0.378 e. The van der Waals surface area contributed by atoms with Crippen LogP contribution in [-0.4, -0.2) is 62.4 Å². The molecule has 0 bridgehead atoms. The van der Waals surface area contributed by atoms with Gasteiger partial charge in [-0.15, -0.1) is 21.5 Å². The van der Waals surface area contributed by atoms with E-state index in [4.69, 9.17) is 4.74 Å². The molecule has 1 aliphatic heterocycles. The minimum absolute atomic E-state index is 0.121. The van der Waals surface area contributed by atoms with E-state index >= 15 is 0 Å². The lowest BCUT2D eigenvalue weighted by atomic mass is 9.89. The number of carbonyl (C=O) groups excluding carboxylic acids is 1. The number of nitrogens with zero attached hydrogens (tertiary/aromatic N) is 5.